The molecular formula is C12H9Cl2N4NaO7S2. The molecule has 1 N–H and O–H groups in total. The van der Waals surface area contributed by atoms with E-state index in [0.717, 1.165) is 0 Å². The molecule has 2 rings (SSSR count). The summed E-state index contributed by atoms with van der Waals surface area (Å²) in [6, 6.07) is 4.90. The number of amides is 1. The summed E-state index contributed by atoms with van der Waals surface area (Å²) in [5.74, 6) is -1.82. The Bertz CT molecular complexity index is 1050. The molecule has 1 aromatic carbocycles. The molecule has 11 nitrogen and oxygen atoms in total. The first-order valence-corrected chi connectivity index (χ1v) is 10.5. The zero-order chi connectivity index (χ0) is 20.2. The van der Waals surface area contributed by atoms with Crippen molar-refractivity contribution in [3.8, 4) is 0 Å². The zero-order valence-corrected chi connectivity index (χ0v) is 19.1. The average molecular weight is 479 g/mol. The fourth-order valence-electron chi connectivity index (χ4n) is 1.72. The molecule has 0 saturated carbocycles. The Morgan fingerprint density at radius 2 is 1.57 bits per heavy atom. The van der Waals surface area contributed by atoms with E-state index in [1.807, 2.05) is 0 Å². The average Bonchev–Trinajstić information content (AvgIpc) is 2.53. The second-order valence-corrected chi connectivity index (χ2v) is 8.56. The van der Waals surface area contributed by atoms with Crippen LogP contribution in [0.4, 0.5) is 5.69 Å². The molecule has 0 unspecified atom stereocenters. The van der Waals surface area contributed by atoms with Crippen molar-refractivity contribution in [1.29, 1.82) is 0 Å². The van der Waals surface area contributed by atoms with E-state index in [4.69, 9.17) is 23.2 Å². The molecule has 0 fully saturated rings. The number of halogens is 2. The molecule has 146 valence electrons. The third-order valence-corrected chi connectivity index (χ3v) is 5.32. The number of carbonyl (C=O) groups is 1. The third kappa shape index (κ3) is 7.85. The van der Waals surface area contributed by atoms with Crippen LogP contribution in [0.15, 0.2) is 29.2 Å². The molecule has 28 heavy (non-hydrogen) atoms. The Hall–Kier alpha value is -0.900. The van der Waals surface area contributed by atoms with E-state index in [-0.39, 0.29) is 56.5 Å². The van der Waals surface area contributed by atoms with Gasteiger partial charge in [0, 0.05) is 5.69 Å². The summed E-state index contributed by atoms with van der Waals surface area (Å²) in [6.45, 7) is -0.812. The summed E-state index contributed by atoms with van der Waals surface area (Å²) >= 11 is 11.2. The minimum atomic E-state index is -4.98. The Morgan fingerprint density at radius 3 is 2.07 bits per heavy atom. The van der Waals surface area contributed by atoms with Crippen molar-refractivity contribution in [2.75, 3.05) is 17.7 Å². The van der Waals surface area contributed by atoms with Crippen LogP contribution in [0.25, 0.3) is 0 Å². The van der Waals surface area contributed by atoms with Gasteiger partial charge in [0.25, 0.3) is 5.91 Å². The number of aromatic nitrogens is 3. The molecule has 0 bridgehead atoms. The number of anilines is 1. The van der Waals surface area contributed by atoms with E-state index >= 15 is 0 Å². The first kappa shape index (κ1) is 25.1. The molecule has 0 atom stereocenters. The summed E-state index contributed by atoms with van der Waals surface area (Å²) in [6.07, 6.45) is 0. The summed E-state index contributed by atoms with van der Waals surface area (Å²) in [5, 5.41) is 1.86. The van der Waals surface area contributed by atoms with E-state index < -0.39 is 38.5 Å². The molecule has 0 spiro atoms. The standard InChI is InChI=1S/C12H10Cl2N4O7S2.Na/c13-11-16-9(17-12(14)18-11)10(19)15-7-1-3-8(4-2-7)26(20,21)6-5-25-27(22,23)24;/h1-4H,5-6H2,(H,15,19)(H,22,23,24);/q;+1/p-1. The summed E-state index contributed by atoms with van der Waals surface area (Å²) in [5.41, 5.74) is 0.213. The van der Waals surface area contributed by atoms with Crippen molar-refractivity contribution in [2.45, 2.75) is 4.90 Å². The van der Waals surface area contributed by atoms with Gasteiger partial charge in [0.05, 0.1) is 17.3 Å². The second kappa shape index (κ2) is 10.2. The van der Waals surface area contributed by atoms with Crippen LogP contribution in [0.2, 0.25) is 10.6 Å². The number of nitrogens with one attached hydrogen (secondary N) is 1. The Labute approximate surface area is 192 Å². The van der Waals surface area contributed by atoms with Crippen LogP contribution in [0.1, 0.15) is 10.6 Å². The Balaban J connectivity index is 0.00000392. The van der Waals surface area contributed by atoms with Gasteiger partial charge in [-0.25, -0.2) is 16.8 Å². The van der Waals surface area contributed by atoms with Gasteiger partial charge in [-0.05, 0) is 47.5 Å². The van der Waals surface area contributed by atoms with E-state index in [0.29, 0.717) is 0 Å². The van der Waals surface area contributed by atoms with Crippen LogP contribution in [0.5, 0.6) is 0 Å². The van der Waals surface area contributed by atoms with Crippen molar-refractivity contribution in [1.82, 2.24) is 15.0 Å². The Morgan fingerprint density at radius 1 is 1.04 bits per heavy atom. The maximum absolute atomic E-state index is 12.0. The summed E-state index contributed by atoms with van der Waals surface area (Å²) in [7, 11) is -8.88. The fourth-order valence-corrected chi connectivity index (χ4v) is 3.57. The molecule has 2 aromatic rings. The summed E-state index contributed by atoms with van der Waals surface area (Å²) in [4.78, 5) is 22.6. The number of sulfone groups is 1. The molecular weight excluding hydrogens is 470 g/mol. The molecule has 0 aliphatic rings. The van der Waals surface area contributed by atoms with E-state index in [9.17, 15) is 26.2 Å². The number of hydrogen-bond acceptors (Lipinski definition) is 10. The summed E-state index contributed by atoms with van der Waals surface area (Å²) < 4.78 is 58.9. The zero-order valence-electron chi connectivity index (χ0n) is 14.0. The van der Waals surface area contributed by atoms with Crippen LogP contribution in [-0.2, 0) is 24.4 Å². The van der Waals surface area contributed by atoms with Gasteiger partial charge in [-0.3, -0.25) is 8.98 Å². The van der Waals surface area contributed by atoms with E-state index in [2.05, 4.69) is 24.5 Å². The second-order valence-electron chi connectivity index (χ2n) is 4.72. The van der Waals surface area contributed by atoms with Crippen molar-refractivity contribution in [2.24, 2.45) is 0 Å². The largest absolute Gasteiger partial charge is 1.00 e. The first-order chi connectivity index (χ1) is 12.5. The number of benzene rings is 1. The maximum atomic E-state index is 12.0. The van der Waals surface area contributed by atoms with Crippen molar-refractivity contribution in [3.63, 3.8) is 0 Å². The van der Waals surface area contributed by atoms with Gasteiger partial charge in [-0.1, -0.05) is 0 Å². The smallest absolute Gasteiger partial charge is 0.726 e. The van der Waals surface area contributed by atoms with Crippen molar-refractivity contribution < 1.29 is 59.9 Å². The van der Waals surface area contributed by atoms with Crippen molar-refractivity contribution >= 4 is 55.0 Å². The van der Waals surface area contributed by atoms with Gasteiger partial charge in [0.2, 0.25) is 26.8 Å². The van der Waals surface area contributed by atoms with Crippen LogP contribution >= 0.6 is 23.2 Å². The number of carbonyl (C=O) groups excluding carboxylic acids is 1. The monoisotopic (exact) mass is 478 g/mol. The molecule has 1 aromatic heterocycles. The van der Waals surface area contributed by atoms with Crippen LogP contribution in [-0.4, -0.2) is 54.6 Å². The maximum Gasteiger partial charge on any atom is 1.00 e. The van der Waals surface area contributed by atoms with Gasteiger partial charge in [-0.15, -0.1) is 0 Å². The molecule has 0 saturated heterocycles. The predicted molar refractivity (Wildman–Crippen MR) is 91.9 cm³/mol. The van der Waals surface area contributed by atoms with Gasteiger partial charge in [-0.2, -0.15) is 15.0 Å². The topological polar surface area (TPSA) is 168 Å². The minimum absolute atomic E-state index is 0. The normalized spacial score (nSPS) is 11.5. The quantitative estimate of drug-likeness (QED) is 0.259. The predicted octanol–water partition coefficient (Wildman–Crippen LogP) is -2.31. The van der Waals surface area contributed by atoms with Gasteiger partial charge in [0.15, 0.2) is 9.84 Å². The van der Waals surface area contributed by atoms with E-state index in [1.54, 1.807) is 0 Å². The molecule has 0 aliphatic carbocycles. The molecule has 0 aliphatic heterocycles. The van der Waals surface area contributed by atoms with Gasteiger partial charge < -0.3 is 9.87 Å². The molecule has 1 heterocycles. The fraction of sp³-hybridized carbons (Fsp3) is 0.167. The van der Waals surface area contributed by atoms with Crippen molar-refractivity contribution in [3.05, 3.63) is 40.7 Å². The number of hydrogen-bond donors (Lipinski definition) is 1. The molecule has 0 radical (unpaired) electrons. The third-order valence-electron chi connectivity index (χ3n) is 2.83. The van der Waals surface area contributed by atoms with Crippen LogP contribution in [0, 0.1) is 0 Å². The van der Waals surface area contributed by atoms with Gasteiger partial charge in [0.1, 0.15) is 0 Å². The van der Waals surface area contributed by atoms with Gasteiger partial charge >= 0.3 is 29.6 Å². The molecule has 1 amide bonds. The van der Waals surface area contributed by atoms with E-state index in [1.165, 1.54) is 24.3 Å². The Kier molecular flexibility index (Phi) is 9.18. The first-order valence-electron chi connectivity index (χ1n) is 6.78. The number of nitrogens with zero attached hydrogens (tertiary/aromatic N) is 3. The van der Waals surface area contributed by atoms with Crippen LogP contribution in [0.3, 0.4) is 0 Å². The minimum Gasteiger partial charge on any atom is -0.726 e. The number of rotatable bonds is 7. The van der Waals surface area contributed by atoms with Crippen LogP contribution < -0.4 is 34.9 Å². The molecule has 16 heteroatoms. The SMILES string of the molecule is O=C(Nc1ccc(S(=O)(=O)CCOS(=O)(=O)[O-])cc1)c1nc(Cl)nc(Cl)n1.[Na+].